The van der Waals surface area contributed by atoms with Crippen LogP contribution >= 0.6 is 11.6 Å². The molecule has 0 fully saturated rings. The molecule has 0 bridgehead atoms. The zero-order valence-electron chi connectivity index (χ0n) is 19.1. The summed E-state index contributed by atoms with van der Waals surface area (Å²) in [5, 5.41) is 6.33. The third-order valence-corrected chi connectivity index (χ3v) is 5.85. The molecule has 0 spiro atoms. The largest absolute Gasteiger partial charge is 0.457 e. The Morgan fingerprint density at radius 2 is 1.74 bits per heavy atom. The summed E-state index contributed by atoms with van der Waals surface area (Å²) in [6.07, 6.45) is 4.32. The van der Waals surface area contributed by atoms with Crippen molar-refractivity contribution in [3.63, 3.8) is 0 Å². The van der Waals surface area contributed by atoms with E-state index in [0.29, 0.717) is 29.1 Å². The van der Waals surface area contributed by atoms with E-state index in [9.17, 15) is 9.59 Å². The van der Waals surface area contributed by atoms with Crippen LogP contribution in [0.15, 0.2) is 78.3 Å². The molecule has 0 radical (unpaired) electrons. The molecule has 0 saturated heterocycles. The first-order valence-electron chi connectivity index (χ1n) is 11.1. The lowest BCUT2D eigenvalue weighted by Crippen LogP contribution is -2.46. The number of hydrogen-bond donors (Lipinski definition) is 2. The van der Waals surface area contributed by atoms with Gasteiger partial charge in [0.05, 0.1) is 11.6 Å². The number of carbonyl (C=O) groups is 2. The molecule has 34 heavy (non-hydrogen) atoms. The molecule has 1 atom stereocenters. The number of benzene rings is 2. The maximum atomic E-state index is 13.4. The molecule has 2 heterocycles. The van der Waals surface area contributed by atoms with E-state index >= 15 is 0 Å². The molecular formula is C27H26ClN3O3. The van der Waals surface area contributed by atoms with Crippen molar-refractivity contribution in [2.24, 2.45) is 0 Å². The van der Waals surface area contributed by atoms with Gasteiger partial charge in [0.1, 0.15) is 6.61 Å². The van der Waals surface area contributed by atoms with Crippen LogP contribution in [-0.2, 0) is 22.6 Å². The van der Waals surface area contributed by atoms with E-state index in [1.165, 1.54) is 0 Å². The number of esters is 1. The Morgan fingerprint density at radius 1 is 1.00 bits per heavy atom. The lowest BCUT2D eigenvalue weighted by atomic mass is 9.93. The van der Waals surface area contributed by atoms with E-state index in [0.717, 1.165) is 27.8 Å². The second-order valence-electron chi connectivity index (χ2n) is 8.41. The molecule has 6 nitrogen and oxygen atoms in total. The summed E-state index contributed by atoms with van der Waals surface area (Å²) in [7, 11) is 0. The van der Waals surface area contributed by atoms with Gasteiger partial charge >= 0.3 is 12.0 Å². The van der Waals surface area contributed by atoms with Crippen molar-refractivity contribution >= 4 is 23.6 Å². The van der Waals surface area contributed by atoms with Crippen LogP contribution in [0, 0.1) is 13.8 Å². The minimum atomic E-state index is -0.641. The minimum Gasteiger partial charge on any atom is -0.457 e. The lowest BCUT2D eigenvalue weighted by molar-refractivity contribution is -0.140. The van der Waals surface area contributed by atoms with Crippen molar-refractivity contribution in [2.45, 2.75) is 39.3 Å². The SMILES string of the molecule is Cc1cc(C)cc(COC(=O)C2=C(CCc3cccc(Cl)c3)NC(=O)NC2c2ccncc2)c1. The van der Waals surface area contributed by atoms with Crippen molar-refractivity contribution in [3.8, 4) is 0 Å². The quantitative estimate of drug-likeness (QED) is 0.452. The lowest BCUT2D eigenvalue weighted by Gasteiger charge is -2.29. The van der Waals surface area contributed by atoms with Gasteiger partial charge in [0.2, 0.25) is 0 Å². The number of urea groups is 1. The Labute approximate surface area is 204 Å². The summed E-state index contributed by atoms with van der Waals surface area (Å²) in [4.78, 5) is 30.0. The number of halogens is 1. The fourth-order valence-corrected chi connectivity index (χ4v) is 4.42. The van der Waals surface area contributed by atoms with Crippen LogP contribution in [0.4, 0.5) is 4.79 Å². The number of amides is 2. The second kappa shape index (κ2) is 10.5. The molecule has 7 heteroatoms. The molecular weight excluding hydrogens is 450 g/mol. The molecule has 174 valence electrons. The van der Waals surface area contributed by atoms with Gasteiger partial charge < -0.3 is 15.4 Å². The highest BCUT2D eigenvalue weighted by Gasteiger charge is 2.33. The third kappa shape index (κ3) is 5.83. The molecule has 2 N–H and O–H groups in total. The number of aromatic nitrogens is 1. The van der Waals surface area contributed by atoms with Crippen molar-refractivity contribution in [3.05, 3.63) is 111 Å². The third-order valence-electron chi connectivity index (χ3n) is 5.62. The van der Waals surface area contributed by atoms with E-state index in [-0.39, 0.29) is 12.6 Å². The minimum absolute atomic E-state index is 0.142. The zero-order valence-corrected chi connectivity index (χ0v) is 19.9. The van der Waals surface area contributed by atoms with Crippen LogP contribution in [0.1, 0.15) is 40.3 Å². The van der Waals surface area contributed by atoms with Gasteiger partial charge in [-0.1, -0.05) is 53.1 Å². The van der Waals surface area contributed by atoms with E-state index in [1.54, 1.807) is 24.5 Å². The second-order valence-corrected chi connectivity index (χ2v) is 8.84. The summed E-state index contributed by atoms with van der Waals surface area (Å²) in [6, 6.07) is 16.2. The van der Waals surface area contributed by atoms with Gasteiger partial charge in [-0.25, -0.2) is 9.59 Å². The van der Waals surface area contributed by atoms with Gasteiger partial charge in [-0.05, 0) is 67.6 Å². The maximum Gasteiger partial charge on any atom is 0.338 e. The average molecular weight is 476 g/mol. The monoisotopic (exact) mass is 475 g/mol. The molecule has 0 saturated carbocycles. The predicted octanol–water partition coefficient (Wildman–Crippen LogP) is 5.34. The summed E-state index contributed by atoms with van der Waals surface area (Å²) in [6.45, 7) is 4.16. The molecule has 1 unspecified atom stereocenters. The van der Waals surface area contributed by atoms with Gasteiger partial charge in [0.15, 0.2) is 0 Å². The highest BCUT2D eigenvalue weighted by atomic mass is 35.5. The number of allylic oxidation sites excluding steroid dienone is 1. The van der Waals surface area contributed by atoms with Gasteiger partial charge in [-0.2, -0.15) is 0 Å². The van der Waals surface area contributed by atoms with Crippen molar-refractivity contribution in [1.82, 2.24) is 15.6 Å². The van der Waals surface area contributed by atoms with E-state index in [4.69, 9.17) is 16.3 Å². The number of nitrogens with one attached hydrogen (secondary N) is 2. The first-order valence-corrected chi connectivity index (χ1v) is 11.5. The van der Waals surface area contributed by atoms with Gasteiger partial charge in [-0.15, -0.1) is 0 Å². The molecule has 3 aromatic rings. The smallest absolute Gasteiger partial charge is 0.338 e. The molecule has 2 amide bonds. The van der Waals surface area contributed by atoms with E-state index < -0.39 is 12.0 Å². The molecule has 2 aromatic carbocycles. The van der Waals surface area contributed by atoms with Gasteiger partial charge in [-0.3, -0.25) is 4.98 Å². The zero-order chi connectivity index (χ0) is 24.1. The molecule has 1 aliphatic rings. The van der Waals surface area contributed by atoms with Crippen LogP contribution in [0.5, 0.6) is 0 Å². The van der Waals surface area contributed by atoms with Crippen LogP contribution < -0.4 is 10.6 Å². The van der Waals surface area contributed by atoms with Crippen LogP contribution in [0.2, 0.25) is 5.02 Å². The summed E-state index contributed by atoms with van der Waals surface area (Å²) < 4.78 is 5.74. The van der Waals surface area contributed by atoms with Crippen LogP contribution in [0.3, 0.4) is 0 Å². The summed E-state index contributed by atoms with van der Waals surface area (Å²) >= 11 is 6.12. The van der Waals surface area contributed by atoms with Crippen LogP contribution in [0.25, 0.3) is 0 Å². The standard InChI is InChI=1S/C27H26ClN3O3/c1-17-12-18(2)14-20(13-17)16-34-26(32)24-23(7-6-19-4-3-5-22(28)15-19)30-27(33)31-25(24)21-8-10-29-11-9-21/h3-5,8-15,25H,6-7,16H2,1-2H3,(H2,30,31,33). The van der Waals surface area contributed by atoms with Crippen molar-refractivity contribution < 1.29 is 14.3 Å². The Morgan fingerprint density at radius 3 is 2.44 bits per heavy atom. The van der Waals surface area contributed by atoms with Crippen molar-refractivity contribution in [1.29, 1.82) is 0 Å². The molecule has 1 aliphatic heterocycles. The topological polar surface area (TPSA) is 80.3 Å². The highest BCUT2D eigenvalue weighted by molar-refractivity contribution is 6.30. The fraction of sp³-hybridized carbons (Fsp3) is 0.222. The number of hydrogen-bond acceptors (Lipinski definition) is 4. The van der Waals surface area contributed by atoms with E-state index in [1.807, 2.05) is 50.2 Å². The Balaban J connectivity index is 1.64. The number of aryl methyl sites for hydroxylation is 3. The Kier molecular flexibility index (Phi) is 7.28. The summed E-state index contributed by atoms with van der Waals surface area (Å²) in [5.74, 6) is -0.477. The molecule has 4 rings (SSSR count). The Hall–Kier alpha value is -3.64. The first-order chi connectivity index (χ1) is 16.4. The maximum absolute atomic E-state index is 13.4. The predicted molar refractivity (Wildman–Crippen MR) is 131 cm³/mol. The van der Waals surface area contributed by atoms with Gasteiger partial charge in [0, 0.05) is 23.1 Å². The van der Waals surface area contributed by atoms with Crippen LogP contribution in [-0.4, -0.2) is 17.0 Å². The summed E-state index contributed by atoms with van der Waals surface area (Å²) in [5.41, 5.74) is 5.82. The number of nitrogens with zero attached hydrogens (tertiary/aromatic N) is 1. The first kappa shape index (κ1) is 23.5. The normalized spacial score (nSPS) is 15.5. The Bertz CT molecular complexity index is 1220. The van der Waals surface area contributed by atoms with Gasteiger partial charge in [0.25, 0.3) is 0 Å². The number of ether oxygens (including phenoxy) is 1. The van der Waals surface area contributed by atoms with E-state index in [2.05, 4.69) is 21.7 Å². The molecule has 1 aromatic heterocycles. The average Bonchev–Trinajstić information content (AvgIpc) is 2.81. The number of carbonyl (C=O) groups excluding carboxylic acids is 2. The van der Waals surface area contributed by atoms with Crippen molar-refractivity contribution in [2.75, 3.05) is 0 Å². The number of rotatable bonds is 7. The highest BCUT2D eigenvalue weighted by Crippen LogP contribution is 2.30. The molecule has 0 aliphatic carbocycles. The number of pyridine rings is 1. The fourth-order valence-electron chi connectivity index (χ4n) is 4.20.